The predicted octanol–water partition coefficient (Wildman–Crippen LogP) is 7.01. The van der Waals surface area contributed by atoms with Gasteiger partial charge in [-0.05, 0) is 80.0 Å². The molecule has 0 spiro atoms. The van der Waals surface area contributed by atoms with E-state index in [1.54, 1.807) is 7.11 Å². The summed E-state index contributed by atoms with van der Waals surface area (Å²) in [6.07, 6.45) is 9.06. The number of rotatable bonds is 17. The third-order valence-corrected chi connectivity index (χ3v) is 7.39. The molecular formula is C35H43N3O3. The van der Waals surface area contributed by atoms with Crippen LogP contribution in [0.3, 0.4) is 0 Å². The van der Waals surface area contributed by atoms with E-state index in [0.717, 1.165) is 91.0 Å². The molecule has 0 atom stereocenters. The molecule has 0 bridgehead atoms. The van der Waals surface area contributed by atoms with Crippen LogP contribution in [0, 0.1) is 6.92 Å². The molecule has 0 aliphatic carbocycles. The monoisotopic (exact) mass is 553 g/mol. The summed E-state index contributed by atoms with van der Waals surface area (Å²) in [7, 11) is 1.68. The molecule has 41 heavy (non-hydrogen) atoms. The number of methoxy groups -OCH3 is 1. The number of nitrogens with zero attached hydrogens (tertiary/aromatic N) is 2. The van der Waals surface area contributed by atoms with Crippen molar-refractivity contribution in [2.75, 3.05) is 20.3 Å². The minimum Gasteiger partial charge on any atom is -0.493 e. The first-order chi connectivity index (χ1) is 20.1. The van der Waals surface area contributed by atoms with Crippen molar-refractivity contribution in [2.45, 2.75) is 64.8 Å². The van der Waals surface area contributed by atoms with Crippen molar-refractivity contribution >= 4 is 16.9 Å². The molecule has 216 valence electrons. The predicted molar refractivity (Wildman–Crippen MR) is 167 cm³/mol. The molecule has 1 amide bonds. The van der Waals surface area contributed by atoms with E-state index < -0.39 is 0 Å². The van der Waals surface area contributed by atoms with Crippen molar-refractivity contribution in [1.82, 2.24) is 14.9 Å². The fourth-order valence-corrected chi connectivity index (χ4v) is 5.10. The second kappa shape index (κ2) is 15.7. The molecule has 0 saturated heterocycles. The maximum absolute atomic E-state index is 12.3. The number of nitrogens with one attached hydrogen (secondary N) is 1. The number of carbonyl (C=O) groups excluding carboxylic acids is 1. The van der Waals surface area contributed by atoms with Gasteiger partial charge in [0, 0.05) is 19.5 Å². The number of carbonyl (C=O) groups is 1. The molecule has 1 aromatic heterocycles. The van der Waals surface area contributed by atoms with E-state index >= 15 is 0 Å². The average Bonchev–Trinajstić information content (AvgIpc) is 3.33. The SMILES string of the molecule is C=CCc1ccc(OCCCCn2c(CCCCCNC(=O)Cc3ccccc3C)nc3ccccc32)c(OC)c1. The first-order valence-electron chi connectivity index (χ1n) is 14.7. The zero-order valence-corrected chi connectivity index (χ0v) is 24.5. The second-order valence-corrected chi connectivity index (χ2v) is 10.5. The Kier molecular flexibility index (Phi) is 11.4. The number of ether oxygens (including phenoxy) is 2. The Morgan fingerprint density at radius 1 is 0.976 bits per heavy atom. The molecule has 1 N–H and O–H groups in total. The van der Waals surface area contributed by atoms with Crippen LogP contribution in [0.1, 0.15) is 54.6 Å². The third kappa shape index (κ3) is 8.71. The van der Waals surface area contributed by atoms with Gasteiger partial charge < -0.3 is 19.4 Å². The lowest BCUT2D eigenvalue weighted by atomic mass is 10.1. The number of aromatic nitrogens is 2. The summed E-state index contributed by atoms with van der Waals surface area (Å²) < 4.78 is 13.9. The van der Waals surface area contributed by atoms with Crippen molar-refractivity contribution in [3.8, 4) is 11.5 Å². The van der Waals surface area contributed by atoms with Gasteiger partial charge in [0.1, 0.15) is 5.82 Å². The number of hydrogen-bond donors (Lipinski definition) is 1. The highest BCUT2D eigenvalue weighted by Gasteiger charge is 2.11. The summed E-state index contributed by atoms with van der Waals surface area (Å²) >= 11 is 0. The van der Waals surface area contributed by atoms with Gasteiger partial charge in [-0.15, -0.1) is 6.58 Å². The lowest BCUT2D eigenvalue weighted by Gasteiger charge is -2.13. The summed E-state index contributed by atoms with van der Waals surface area (Å²) in [6, 6.07) is 22.5. The van der Waals surface area contributed by atoms with Gasteiger partial charge in [-0.2, -0.15) is 0 Å². The third-order valence-electron chi connectivity index (χ3n) is 7.39. The number of hydrogen-bond acceptors (Lipinski definition) is 4. The van der Waals surface area contributed by atoms with Gasteiger partial charge >= 0.3 is 0 Å². The zero-order valence-electron chi connectivity index (χ0n) is 24.5. The van der Waals surface area contributed by atoms with Crippen molar-refractivity contribution in [3.05, 3.63) is 102 Å². The first kappa shape index (κ1) is 29.9. The summed E-state index contributed by atoms with van der Waals surface area (Å²) in [6.45, 7) is 8.10. The lowest BCUT2D eigenvalue weighted by Crippen LogP contribution is -2.26. The van der Waals surface area contributed by atoms with E-state index in [0.29, 0.717) is 19.6 Å². The molecule has 6 nitrogen and oxygen atoms in total. The Morgan fingerprint density at radius 3 is 2.63 bits per heavy atom. The van der Waals surface area contributed by atoms with Crippen LogP contribution in [0.25, 0.3) is 11.0 Å². The second-order valence-electron chi connectivity index (χ2n) is 10.5. The van der Waals surface area contributed by atoms with Gasteiger partial charge in [-0.3, -0.25) is 4.79 Å². The maximum atomic E-state index is 12.3. The van der Waals surface area contributed by atoms with Crippen LogP contribution in [-0.4, -0.2) is 35.7 Å². The molecule has 0 aliphatic heterocycles. The quantitative estimate of drug-likeness (QED) is 0.113. The lowest BCUT2D eigenvalue weighted by molar-refractivity contribution is -0.120. The number of amides is 1. The van der Waals surface area contributed by atoms with E-state index in [4.69, 9.17) is 14.5 Å². The molecule has 0 unspecified atom stereocenters. The largest absolute Gasteiger partial charge is 0.493 e. The van der Waals surface area contributed by atoms with E-state index in [1.807, 2.05) is 55.5 Å². The van der Waals surface area contributed by atoms with Gasteiger partial charge in [0.25, 0.3) is 0 Å². The van der Waals surface area contributed by atoms with Crippen LogP contribution < -0.4 is 14.8 Å². The van der Waals surface area contributed by atoms with Crippen LogP contribution in [0.2, 0.25) is 0 Å². The highest BCUT2D eigenvalue weighted by Crippen LogP contribution is 2.28. The van der Waals surface area contributed by atoms with Crippen molar-refractivity contribution in [3.63, 3.8) is 0 Å². The Labute approximate surface area is 244 Å². The Morgan fingerprint density at radius 2 is 1.80 bits per heavy atom. The van der Waals surface area contributed by atoms with Crippen LogP contribution in [0.15, 0.2) is 79.4 Å². The molecule has 3 aromatic carbocycles. The van der Waals surface area contributed by atoms with E-state index in [-0.39, 0.29) is 5.91 Å². The van der Waals surface area contributed by atoms with Gasteiger partial charge in [0.15, 0.2) is 11.5 Å². The van der Waals surface area contributed by atoms with Crippen LogP contribution in [0.4, 0.5) is 0 Å². The Balaban J connectivity index is 1.21. The normalized spacial score (nSPS) is 11.0. The van der Waals surface area contributed by atoms with E-state index in [1.165, 1.54) is 5.52 Å². The zero-order chi connectivity index (χ0) is 28.9. The van der Waals surface area contributed by atoms with Gasteiger partial charge in [0.05, 0.1) is 31.2 Å². The molecule has 4 aromatic rings. The van der Waals surface area contributed by atoms with Crippen LogP contribution in [0.5, 0.6) is 11.5 Å². The summed E-state index contributed by atoms with van der Waals surface area (Å²) in [4.78, 5) is 17.3. The number of benzene rings is 3. The summed E-state index contributed by atoms with van der Waals surface area (Å²) in [5, 5.41) is 3.07. The van der Waals surface area contributed by atoms with Crippen molar-refractivity contribution < 1.29 is 14.3 Å². The topological polar surface area (TPSA) is 65.4 Å². The fraction of sp³-hybridized carbons (Fsp3) is 0.371. The summed E-state index contributed by atoms with van der Waals surface area (Å²) in [5.41, 5.74) is 5.64. The number of allylic oxidation sites excluding steroid dienone is 1. The average molecular weight is 554 g/mol. The highest BCUT2D eigenvalue weighted by molar-refractivity contribution is 5.78. The van der Waals surface area contributed by atoms with E-state index in [9.17, 15) is 4.79 Å². The van der Waals surface area contributed by atoms with Crippen molar-refractivity contribution in [2.24, 2.45) is 0 Å². The van der Waals surface area contributed by atoms with Gasteiger partial charge in [0.2, 0.25) is 5.91 Å². The Hall–Kier alpha value is -4.06. The number of imidazole rings is 1. The molecule has 4 rings (SSSR count). The van der Waals surface area contributed by atoms with Gasteiger partial charge in [-0.1, -0.05) is 55.0 Å². The van der Waals surface area contributed by atoms with Crippen molar-refractivity contribution in [1.29, 1.82) is 0 Å². The Bertz CT molecular complexity index is 1430. The maximum Gasteiger partial charge on any atom is 0.224 e. The summed E-state index contributed by atoms with van der Waals surface area (Å²) in [5.74, 6) is 2.77. The number of aryl methyl sites for hydroxylation is 3. The highest BCUT2D eigenvalue weighted by atomic mass is 16.5. The van der Waals surface area contributed by atoms with Crippen LogP contribution in [-0.2, 0) is 30.6 Å². The standard InChI is InChI=1S/C35H43N3O3/c1-4-14-28-20-21-32(33(25-28)40-3)41-24-13-12-23-38-31-18-10-9-17-30(31)37-34(38)19-6-5-11-22-36-35(39)26-29-16-8-7-15-27(29)2/h4,7-10,15-18,20-21,25H,1,5-6,11-14,19,22-24,26H2,2-3H3,(H,36,39). The van der Waals surface area contributed by atoms with Crippen LogP contribution >= 0.6 is 0 Å². The smallest absolute Gasteiger partial charge is 0.224 e. The first-order valence-corrected chi connectivity index (χ1v) is 14.7. The number of para-hydroxylation sites is 2. The molecular weight excluding hydrogens is 510 g/mol. The number of fused-ring (bicyclic) bond motifs is 1. The minimum absolute atomic E-state index is 0.0909. The molecule has 0 fully saturated rings. The van der Waals surface area contributed by atoms with Gasteiger partial charge in [-0.25, -0.2) is 4.98 Å². The van der Waals surface area contributed by atoms with E-state index in [2.05, 4.69) is 40.7 Å². The molecule has 1 heterocycles. The fourth-order valence-electron chi connectivity index (χ4n) is 5.10. The minimum atomic E-state index is 0.0909. The molecule has 0 saturated carbocycles. The number of unbranched alkanes of at least 4 members (excludes halogenated alkanes) is 3. The molecule has 6 heteroatoms. The molecule has 0 radical (unpaired) electrons. The molecule has 0 aliphatic rings.